The van der Waals surface area contributed by atoms with Gasteiger partial charge in [0.25, 0.3) is 11.8 Å². The summed E-state index contributed by atoms with van der Waals surface area (Å²) in [5.74, 6) is -0.749. The van der Waals surface area contributed by atoms with Crippen LogP contribution in [0.15, 0.2) is 54.9 Å². The van der Waals surface area contributed by atoms with Crippen LogP contribution in [0.2, 0.25) is 0 Å². The molecule has 2 atom stereocenters. The van der Waals surface area contributed by atoms with Crippen LogP contribution in [-0.2, 0) is 13.2 Å². The van der Waals surface area contributed by atoms with Crippen molar-refractivity contribution >= 4 is 22.8 Å². The van der Waals surface area contributed by atoms with Crippen molar-refractivity contribution in [2.75, 3.05) is 20.2 Å². The number of carbonyl (C=O) groups excluding carboxylic acids is 2. The Balaban J connectivity index is 1.42. The highest BCUT2D eigenvalue weighted by atomic mass is 19.4. The third-order valence-electron chi connectivity index (χ3n) is 7.22. The summed E-state index contributed by atoms with van der Waals surface area (Å²) < 4.78 is 46.5. The van der Waals surface area contributed by atoms with Crippen LogP contribution in [0.3, 0.4) is 0 Å². The predicted molar refractivity (Wildman–Crippen MR) is 140 cm³/mol. The summed E-state index contributed by atoms with van der Waals surface area (Å²) in [5, 5.41) is 6.46. The van der Waals surface area contributed by atoms with Gasteiger partial charge in [0, 0.05) is 55.6 Å². The predicted octanol–water partition coefficient (Wildman–Crippen LogP) is 4.13. The average molecular weight is 553 g/mol. The van der Waals surface area contributed by atoms with Crippen molar-refractivity contribution < 1.29 is 27.5 Å². The lowest BCUT2D eigenvalue weighted by atomic mass is 9.85. The van der Waals surface area contributed by atoms with E-state index in [2.05, 4.69) is 20.4 Å². The molecule has 4 aromatic rings. The fraction of sp³-hybridized carbons (Fsp3) is 0.321. The van der Waals surface area contributed by atoms with Crippen LogP contribution in [0, 0.1) is 6.92 Å². The zero-order valence-corrected chi connectivity index (χ0v) is 22.1. The minimum absolute atomic E-state index is 0.151. The quantitative estimate of drug-likeness (QED) is 0.400. The molecule has 12 heteroatoms. The van der Waals surface area contributed by atoms with Gasteiger partial charge in [0.1, 0.15) is 17.0 Å². The molecule has 40 heavy (non-hydrogen) atoms. The Hall–Kier alpha value is -4.48. The number of halogens is 3. The first-order valence-electron chi connectivity index (χ1n) is 12.6. The molecule has 0 bridgehead atoms. The van der Waals surface area contributed by atoms with Crippen LogP contribution in [0.25, 0.3) is 11.0 Å². The second kappa shape index (κ2) is 10.6. The second-order valence-electron chi connectivity index (χ2n) is 9.68. The average Bonchev–Trinajstić information content (AvgIpc) is 3.26. The standard InChI is InChI=1S/C28H27F3N6O3/c1-16-24(36(2)35-25(16)28(29,30)31)26(38)34-20-9-12-37(15-19(20)17-7-5-4-6-8-17)27(39)18-13-21-23(22(14-18)40-3)33-11-10-32-21/h4-8,10-11,13-14,19-20H,9,12,15H2,1-3H3,(H,34,38)/t19-,20-/m1/s1. The van der Waals surface area contributed by atoms with Crippen molar-refractivity contribution in [2.24, 2.45) is 7.05 Å². The lowest BCUT2D eigenvalue weighted by molar-refractivity contribution is -0.141. The highest BCUT2D eigenvalue weighted by Gasteiger charge is 2.40. The molecule has 1 aliphatic heterocycles. The summed E-state index contributed by atoms with van der Waals surface area (Å²) >= 11 is 0. The highest BCUT2D eigenvalue weighted by Crippen LogP contribution is 2.33. The lowest BCUT2D eigenvalue weighted by Crippen LogP contribution is -2.51. The molecule has 0 radical (unpaired) electrons. The number of fused-ring (bicyclic) bond motifs is 1. The first-order chi connectivity index (χ1) is 19.1. The number of benzene rings is 2. The van der Waals surface area contributed by atoms with E-state index in [1.165, 1.54) is 27.3 Å². The van der Waals surface area contributed by atoms with Crippen LogP contribution in [-0.4, -0.2) is 62.7 Å². The fourth-order valence-corrected chi connectivity index (χ4v) is 5.30. The molecule has 208 valence electrons. The minimum atomic E-state index is -4.67. The van der Waals surface area contributed by atoms with Crippen molar-refractivity contribution in [3.05, 3.63) is 82.9 Å². The number of alkyl halides is 3. The number of ether oxygens (including phenoxy) is 1. The Bertz CT molecular complexity index is 1570. The van der Waals surface area contributed by atoms with Crippen LogP contribution in [0.1, 0.15) is 50.0 Å². The molecule has 1 saturated heterocycles. The molecule has 3 heterocycles. The van der Waals surface area contributed by atoms with E-state index < -0.39 is 23.8 Å². The number of aryl methyl sites for hydroxylation is 1. The van der Waals surface area contributed by atoms with Gasteiger partial charge in [0.2, 0.25) is 0 Å². The third kappa shape index (κ3) is 5.08. The Labute approximate surface area is 228 Å². The summed E-state index contributed by atoms with van der Waals surface area (Å²) in [5.41, 5.74) is 0.887. The number of hydrogen-bond acceptors (Lipinski definition) is 6. The molecule has 9 nitrogen and oxygen atoms in total. The van der Waals surface area contributed by atoms with Gasteiger partial charge in [-0.3, -0.25) is 19.3 Å². The van der Waals surface area contributed by atoms with E-state index in [0.717, 1.165) is 10.2 Å². The fourth-order valence-electron chi connectivity index (χ4n) is 5.30. The zero-order valence-electron chi connectivity index (χ0n) is 22.1. The van der Waals surface area contributed by atoms with E-state index in [4.69, 9.17) is 4.74 Å². The van der Waals surface area contributed by atoms with E-state index in [-0.39, 0.29) is 29.6 Å². The number of rotatable bonds is 5. The maximum Gasteiger partial charge on any atom is 0.435 e. The van der Waals surface area contributed by atoms with Gasteiger partial charge in [-0.1, -0.05) is 30.3 Å². The smallest absolute Gasteiger partial charge is 0.435 e. The molecule has 1 N–H and O–H groups in total. The zero-order chi connectivity index (χ0) is 28.6. The minimum Gasteiger partial charge on any atom is -0.494 e. The number of nitrogens with zero attached hydrogens (tertiary/aromatic N) is 5. The largest absolute Gasteiger partial charge is 0.494 e. The van der Waals surface area contributed by atoms with E-state index in [1.54, 1.807) is 23.2 Å². The first-order valence-corrected chi connectivity index (χ1v) is 12.6. The van der Waals surface area contributed by atoms with Crippen LogP contribution in [0.5, 0.6) is 5.75 Å². The van der Waals surface area contributed by atoms with Crippen molar-refractivity contribution in [1.29, 1.82) is 0 Å². The van der Waals surface area contributed by atoms with Crippen LogP contribution in [0.4, 0.5) is 13.2 Å². The molecule has 0 aliphatic carbocycles. The Morgan fingerprint density at radius 3 is 2.50 bits per heavy atom. The van der Waals surface area contributed by atoms with Gasteiger partial charge in [-0.2, -0.15) is 18.3 Å². The molecule has 2 aromatic heterocycles. The Morgan fingerprint density at radius 2 is 1.82 bits per heavy atom. The first kappa shape index (κ1) is 27.1. The van der Waals surface area contributed by atoms with Gasteiger partial charge in [0.15, 0.2) is 5.69 Å². The number of amides is 2. The second-order valence-corrected chi connectivity index (χ2v) is 9.68. The third-order valence-corrected chi connectivity index (χ3v) is 7.22. The summed E-state index contributed by atoms with van der Waals surface area (Å²) in [7, 11) is 2.81. The van der Waals surface area contributed by atoms with Crippen LogP contribution >= 0.6 is 0 Å². The normalized spacial score (nSPS) is 17.6. The van der Waals surface area contributed by atoms with Gasteiger partial charge in [-0.05, 0) is 31.0 Å². The molecule has 2 amide bonds. The van der Waals surface area contributed by atoms with E-state index in [9.17, 15) is 22.8 Å². The Kier molecular flexibility index (Phi) is 7.17. The molecular weight excluding hydrogens is 525 g/mol. The number of hydrogen-bond donors (Lipinski definition) is 1. The van der Waals surface area contributed by atoms with Crippen molar-refractivity contribution in [3.8, 4) is 5.75 Å². The van der Waals surface area contributed by atoms with Gasteiger partial charge in [-0.15, -0.1) is 0 Å². The monoisotopic (exact) mass is 552 g/mol. The van der Waals surface area contributed by atoms with Crippen molar-refractivity contribution in [1.82, 2.24) is 30.0 Å². The van der Waals surface area contributed by atoms with E-state index >= 15 is 0 Å². The molecule has 1 aliphatic rings. The number of methoxy groups -OCH3 is 1. The lowest BCUT2D eigenvalue weighted by Gasteiger charge is -2.39. The molecule has 0 unspecified atom stereocenters. The summed E-state index contributed by atoms with van der Waals surface area (Å²) in [6.07, 6.45) is -1.19. The topological polar surface area (TPSA) is 102 Å². The summed E-state index contributed by atoms with van der Waals surface area (Å²) in [4.78, 5) is 37.2. The number of nitrogens with one attached hydrogen (secondary N) is 1. The molecular formula is C28H27F3N6O3. The van der Waals surface area contributed by atoms with Gasteiger partial charge < -0.3 is 15.0 Å². The van der Waals surface area contributed by atoms with E-state index in [0.29, 0.717) is 35.3 Å². The number of likely N-dealkylation sites (tertiary alicyclic amines) is 1. The molecule has 5 rings (SSSR count). The van der Waals surface area contributed by atoms with Gasteiger partial charge in [0.05, 0.1) is 12.6 Å². The van der Waals surface area contributed by atoms with E-state index in [1.807, 2.05) is 30.3 Å². The molecule has 2 aromatic carbocycles. The Morgan fingerprint density at radius 1 is 1.10 bits per heavy atom. The molecule has 0 saturated carbocycles. The SMILES string of the molecule is COc1cc(C(=O)N2CC[C@@H](NC(=O)c3c(C)c(C(F)(F)F)nn3C)[C@@H](c3ccccc3)C2)cc2nccnc12. The van der Waals surface area contributed by atoms with Crippen LogP contribution < -0.4 is 10.1 Å². The number of carbonyl (C=O) groups is 2. The van der Waals surface area contributed by atoms with Gasteiger partial charge in [-0.25, -0.2) is 4.98 Å². The maximum absolute atomic E-state index is 13.6. The summed E-state index contributed by atoms with van der Waals surface area (Å²) in [6, 6.07) is 12.3. The highest BCUT2D eigenvalue weighted by molar-refractivity contribution is 5.99. The maximum atomic E-state index is 13.6. The van der Waals surface area contributed by atoms with Gasteiger partial charge >= 0.3 is 6.18 Å². The molecule has 1 fully saturated rings. The number of aromatic nitrogens is 4. The summed E-state index contributed by atoms with van der Waals surface area (Å²) in [6.45, 7) is 1.85. The van der Waals surface area contributed by atoms with Crippen molar-refractivity contribution in [3.63, 3.8) is 0 Å². The number of piperidine rings is 1. The van der Waals surface area contributed by atoms with Crippen molar-refractivity contribution in [2.45, 2.75) is 31.5 Å². The molecule has 0 spiro atoms.